The molecule has 1 aromatic rings. The van der Waals surface area contributed by atoms with Crippen molar-refractivity contribution in [2.45, 2.75) is 38.9 Å². The fraction of sp³-hybridized carbons (Fsp3) is 0.538. The van der Waals surface area contributed by atoms with E-state index in [0.717, 1.165) is 0 Å². The third kappa shape index (κ3) is 4.84. The molecule has 0 fully saturated rings. The highest BCUT2D eigenvalue weighted by molar-refractivity contribution is 5.44. The van der Waals surface area contributed by atoms with Gasteiger partial charge in [0, 0.05) is 24.1 Å². The molecule has 0 aliphatic carbocycles. The number of nitro groups is 1. The van der Waals surface area contributed by atoms with Crippen molar-refractivity contribution in [2.75, 3.05) is 6.61 Å². The van der Waals surface area contributed by atoms with Crippen molar-refractivity contribution in [3.8, 4) is 5.75 Å². The van der Waals surface area contributed by atoms with Crippen LogP contribution in [0.2, 0.25) is 0 Å². The molecule has 0 bridgehead atoms. The van der Waals surface area contributed by atoms with Crippen molar-refractivity contribution in [3.63, 3.8) is 0 Å². The zero-order chi connectivity index (χ0) is 14.6. The number of rotatable bonds is 6. The van der Waals surface area contributed by atoms with Gasteiger partial charge in [0.2, 0.25) is 0 Å². The number of nitrogens with zero attached hydrogens (tertiary/aromatic N) is 1. The zero-order valence-corrected chi connectivity index (χ0v) is 11.3. The second-order valence-electron chi connectivity index (χ2n) is 5.07. The van der Waals surface area contributed by atoms with Gasteiger partial charge in [-0.2, -0.15) is 0 Å². The Morgan fingerprint density at radius 3 is 2.58 bits per heavy atom. The lowest BCUT2D eigenvalue weighted by Crippen LogP contribution is -2.22. The van der Waals surface area contributed by atoms with Gasteiger partial charge >= 0.3 is 0 Å². The first-order valence-electron chi connectivity index (χ1n) is 6.02. The highest BCUT2D eigenvalue weighted by atomic mass is 16.6. The van der Waals surface area contributed by atoms with E-state index in [9.17, 15) is 20.3 Å². The molecule has 0 amide bonds. The van der Waals surface area contributed by atoms with Crippen molar-refractivity contribution < 1.29 is 19.9 Å². The van der Waals surface area contributed by atoms with Crippen LogP contribution in [-0.2, 0) is 0 Å². The number of nitro benzene ring substituents is 1. The van der Waals surface area contributed by atoms with Crippen LogP contribution in [0.25, 0.3) is 0 Å². The Hall–Kier alpha value is -1.66. The van der Waals surface area contributed by atoms with E-state index < -0.39 is 16.6 Å². The van der Waals surface area contributed by atoms with Crippen molar-refractivity contribution >= 4 is 5.69 Å². The maximum atomic E-state index is 10.7. The summed E-state index contributed by atoms with van der Waals surface area (Å²) in [6.07, 6.45) is -0.444. The van der Waals surface area contributed by atoms with E-state index in [1.807, 2.05) is 0 Å². The van der Waals surface area contributed by atoms with Gasteiger partial charge in [-0.25, -0.2) is 0 Å². The molecule has 0 spiro atoms. The van der Waals surface area contributed by atoms with Crippen LogP contribution in [0.4, 0.5) is 5.69 Å². The normalized spacial score (nSPS) is 13.1. The molecule has 19 heavy (non-hydrogen) atoms. The van der Waals surface area contributed by atoms with E-state index in [4.69, 9.17) is 4.74 Å². The van der Waals surface area contributed by atoms with Gasteiger partial charge in [0.05, 0.1) is 23.2 Å². The molecule has 6 nitrogen and oxygen atoms in total. The zero-order valence-electron chi connectivity index (χ0n) is 11.3. The van der Waals surface area contributed by atoms with Crippen LogP contribution < -0.4 is 4.74 Å². The number of aliphatic hydroxyl groups is 2. The Kier molecular flexibility index (Phi) is 4.85. The van der Waals surface area contributed by atoms with Crippen LogP contribution in [0.3, 0.4) is 0 Å². The largest absolute Gasteiger partial charge is 0.493 e. The molecule has 0 heterocycles. The van der Waals surface area contributed by atoms with Crippen molar-refractivity contribution in [2.24, 2.45) is 0 Å². The molecular weight excluding hydrogens is 250 g/mol. The summed E-state index contributed by atoms with van der Waals surface area (Å²) in [5.74, 6) is 0.393. The Bertz CT molecular complexity index is 451. The SMILES string of the molecule is C[C@@H](O)c1cc([N+](=O)[O-])ccc1OCCC(C)(C)O. The van der Waals surface area contributed by atoms with E-state index >= 15 is 0 Å². The number of benzene rings is 1. The van der Waals surface area contributed by atoms with Gasteiger partial charge in [0.1, 0.15) is 5.75 Å². The highest BCUT2D eigenvalue weighted by Crippen LogP contribution is 2.29. The molecule has 1 atom stereocenters. The topological polar surface area (TPSA) is 92.8 Å². The van der Waals surface area contributed by atoms with Gasteiger partial charge < -0.3 is 14.9 Å². The molecule has 0 aromatic heterocycles. The molecule has 0 aliphatic heterocycles. The third-order valence-electron chi connectivity index (χ3n) is 2.63. The van der Waals surface area contributed by atoms with E-state index in [-0.39, 0.29) is 12.3 Å². The first kappa shape index (κ1) is 15.4. The number of hydrogen-bond acceptors (Lipinski definition) is 5. The molecule has 1 rings (SSSR count). The van der Waals surface area contributed by atoms with E-state index in [1.54, 1.807) is 13.8 Å². The standard InChI is InChI=1S/C13H19NO5/c1-9(15)11-8-10(14(17)18)4-5-12(11)19-7-6-13(2,3)16/h4-5,8-9,15-16H,6-7H2,1-3H3/t9-/m1/s1. The predicted molar refractivity (Wildman–Crippen MR) is 70.1 cm³/mol. The molecule has 106 valence electrons. The first-order chi connectivity index (χ1) is 8.70. The summed E-state index contributed by atoms with van der Waals surface area (Å²) in [6.45, 7) is 5.12. The van der Waals surface area contributed by atoms with Crippen LogP contribution in [0.5, 0.6) is 5.75 Å². The number of hydrogen-bond donors (Lipinski definition) is 2. The molecular formula is C13H19NO5. The molecule has 0 radical (unpaired) electrons. The maximum absolute atomic E-state index is 10.7. The highest BCUT2D eigenvalue weighted by Gasteiger charge is 2.17. The van der Waals surface area contributed by atoms with Gasteiger partial charge in [-0.1, -0.05) is 0 Å². The fourth-order valence-corrected chi connectivity index (χ4v) is 1.52. The minimum Gasteiger partial charge on any atom is -0.493 e. The average molecular weight is 269 g/mol. The van der Waals surface area contributed by atoms with E-state index in [0.29, 0.717) is 17.7 Å². The Balaban J connectivity index is 2.85. The van der Waals surface area contributed by atoms with Crippen LogP contribution >= 0.6 is 0 Å². The van der Waals surface area contributed by atoms with Gasteiger partial charge in [-0.3, -0.25) is 10.1 Å². The van der Waals surface area contributed by atoms with Gasteiger partial charge in [-0.15, -0.1) is 0 Å². The molecule has 0 saturated carbocycles. The van der Waals surface area contributed by atoms with Gasteiger partial charge in [-0.05, 0) is 26.8 Å². The van der Waals surface area contributed by atoms with Crippen molar-refractivity contribution in [1.29, 1.82) is 0 Å². The summed E-state index contributed by atoms with van der Waals surface area (Å²) in [5.41, 5.74) is -0.568. The maximum Gasteiger partial charge on any atom is 0.270 e. The minimum atomic E-state index is -0.864. The Morgan fingerprint density at radius 2 is 2.11 bits per heavy atom. The Morgan fingerprint density at radius 1 is 1.47 bits per heavy atom. The molecule has 6 heteroatoms. The summed E-state index contributed by atoms with van der Waals surface area (Å²) in [4.78, 5) is 10.2. The molecule has 1 aromatic carbocycles. The number of aliphatic hydroxyl groups excluding tert-OH is 1. The second-order valence-corrected chi connectivity index (χ2v) is 5.07. The summed E-state index contributed by atoms with van der Waals surface area (Å²) in [5, 5.41) is 29.9. The van der Waals surface area contributed by atoms with Crippen molar-refractivity contribution in [1.82, 2.24) is 0 Å². The molecule has 0 unspecified atom stereocenters. The third-order valence-corrected chi connectivity index (χ3v) is 2.63. The van der Waals surface area contributed by atoms with Gasteiger partial charge in [0.15, 0.2) is 0 Å². The predicted octanol–water partition coefficient (Wildman–Crippen LogP) is 2.19. The lowest BCUT2D eigenvalue weighted by molar-refractivity contribution is -0.385. The quantitative estimate of drug-likeness (QED) is 0.610. The summed E-state index contributed by atoms with van der Waals surface area (Å²) < 4.78 is 5.47. The first-order valence-corrected chi connectivity index (χ1v) is 6.02. The van der Waals surface area contributed by atoms with Gasteiger partial charge in [0.25, 0.3) is 5.69 Å². The van der Waals surface area contributed by atoms with Crippen LogP contribution in [-0.4, -0.2) is 27.3 Å². The van der Waals surface area contributed by atoms with E-state index in [2.05, 4.69) is 0 Å². The lowest BCUT2D eigenvalue weighted by Gasteiger charge is -2.18. The van der Waals surface area contributed by atoms with Crippen LogP contribution in [0, 0.1) is 10.1 Å². The summed E-state index contributed by atoms with van der Waals surface area (Å²) >= 11 is 0. The Labute approximate surface area is 111 Å². The summed E-state index contributed by atoms with van der Waals surface area (Å²) in [7, 11) is 0. The van der Waals surface area contributed by atoms with Crippen LogP contribution in [0.1, 0.15) is 38.9 Å². The number of non-ortho nitro benzene ring substituents is 1. The minimum absolute atomic E-state index is 0.0919. The van der Waals surface area contributed by atoms with Crippen LogP contribution in [0.15, 0.2) is 18.2 Å². The second kappa shape index (κ2) is 5.99. The lowest BCUT2D eigenvalue weighted by atomic mass is 10.1. The monoisotopic (exact) mass is 269 g/mol. The summed E-state index contributed by atoms with van der Waals surface area (Å²) in [6, 6.07) is 4.08. The molecule has 0 aliphatic rings. The average Bonchev–Trinajstić information content (AvgIpc) is 2.27. The van der Waals surface area contributed by atoms with Crippen molar-refractivity contribution in [3.05, 3.63) is 33.9 Å². The molecule has 2 N–H and O–H groups in total. The molecule has 0 saturated heterocycles. The number of ether oxygens (including phenoxy) is 1. The fourth-order valence-electron chi connectivity index (χ4n) is 1.52. The van der Waals surface area contributed by atoms with E-state index in [1.165, 1.54) is 25.1 Å². The smallest absolute Gasteiger partial charge is 0.270 e.